The number of H-pyrrole nitrogens is 1. The Balaban J connectivity index is 0.000000541. The number of aromatic amines is 1. The Morgan fingerprint density at radius 3 is 2.72 bits per heavy atom. The van der Waals surface area contributed by atoms with E-state index >= 15 is 0 Å². The third kappa shape index (κ3) is 7.02. The fraction of sp³-hybridized carbons (Fsp3) is 0.450. The number of anilines is 2. The van der Waals surface area contributed by atoms with E-state index in [1.165, 1.54) is 0 Å². The van der Waals surface area contributed by atoms with Gasteiger partial charge in [0.25, 0.3) is 0 Å². The molecule has 9 heteroatoms. The Labute approximate surface area is 198 Å². The van der Waals surface area contributed by atoms with Gasteiger partial charge in [-0.25, -0.2) is 4.39 Å². The Bertz CT molecular complexity index is 795. The number of carbonyl (C=O) groups excluding carboxylic acids is 1. The molecule has 1 saturated carbocycles. The summed E-state index contributed by atoms with van der Waals surface area (Å²) in [5, 5.41) is 13.2. The molecule has 1 aromatic heterocycles. The monoisotopic (exact) mass is 644 g/mol. The van der Waals surface area contributed by atoms with Crippen molar-refractivity contribution in [1.82, 2.24) is 15.5 Å². The summed E-state index contributed by atoms with van der Waals surface area (Å²) in [5.74, 6) is 1.58. The van der Waals surface area contributed by atoms with Crippen molar-refractivity contribution in [2.75, 3.05) is 18.9 Å². The number of benzene rings is 1. The van der Waals surface area contributed by atoms with E-state index in [9.17, 15) is 8.60 Å². The molecule has 3 N–H and O–H groups in total. The number of nitrogens with one attached hydrogen (secondary N) is 3. The van der Waals surface area contributed by atoms with Crippen molar-refractivity contribution in [1.29, 1.82) is 0 Å². The average molecular weight is 645 g/mol. The zero-order chi connectivity index (χ0) is 20.5. The van der Waals surface area contributed by atoms with Gasteiger partial charge < -0.3 is 21.8 Å². The summed E-state index contributed by atoms with van der Waals surface area (Å²) in [4.78, 5) is 7.75. The van der Waals surface area contributed by atoms with Crippen molar-refractivity contribution in [2.45, 2.75) is 43.6 Å². The molecular weight excluding hydrogens is 617 g/mol. The van der Waals surface area contributed by atoms with Gasteiger partial charge in [0.15, 0.2) is 11.6 Å². The summed E-state index contributed by atoms with van der Waals surface area (Å²) in [6.45, 7) is 6.39. The van der Waals surface area contributed by atoms with Crippen molar-refractivity contribution in [2.24, 2.45) is 0 Å². The Morgan fingerprint density at radius 1 is 1.38 bits per heavy atom. The van der Waals surface area contributed by atoms with Crippen LogP contribution in [0.4, 0.5) is 15.9 Å². The predicted molar refractivity (Wildman–Crippen MR) is 111 cm³/mol. The number of aromatic nitrogens is 2. The second kappa shape index (κ2) is 13.3. The van der Waals surface area contributed by atoms with E-state index in [4.69, 9.17) is 4.79 Å². The molecule has 2 unspecified atom stereocenters. The third-order valence-corrected chi connectivity index (χ3v) is 6.03. The molecule has 156 valence electrons. The molecule has 0 amide bonds. The largest absolute Gasteiger partial charge is 2.00 e. The first-order valence-electron chi connectivity index (χ1n) is 9.29. The van der Waals surface area contributed by atoms with Gasteiger partial charge in [0.1, 0.15) is 0 Å². The number of hydrogen-bond acceptors (Lipinski definition) is 5. The molecule has 2 heterocycles. The number of nitrogens with zero attached hydrogens (tertiary/aromatic N) is 1. The zero-order valence-electron chi connectivity index (χ0n) is 16.8. The number of rotatable bonds is 4. The van der Waals surface area contributed by atoms with Crippen LogP contribution in [0.3, 0.4) is 0 Å². The van der Waals surface area contributed by atoms with Gasteiger partial charge in [-0.3, -0.25) is 16.1 Å². The quantitative estimate of drug-likeness (QED) is 0.351. The standard InChI is InChI=1S/C16H17FN3OS.C3H9N.CHO.U/c17-16-12-9-22(21)8-11(12)5-6-13(16)18-15-7-14(19-20-15)10-3-1-2-4-10;1-3-4-2;1-2;/h1,5-7,10H,2-4,8-9H2,(H2,18,19,20);4H,3H2,1-2H3;1H;/q-1;;-1;+2. The summed E-state index contributed by atoms with van der Waals surface area (Å²) in [5.41, 5.74) is 2.92. The molecule has 1 aliphatic heterocycles. The molecule has 2 aromatic rings. The molecule has 0 radical (unpaired) electrons. The molecule has 0 bridgehead atoms. The first kappa shape index (κ1) is 26.0. The van der Waals surface area contributed by atoms with E-state index in [1.54, 1.807) is 6.07 Å². The van der Waals surface area contributed by atoms with Crippen LogP contribution in [0.15, 0.2) is 18.2 Å². The van der Waals surface area contributed by atoms with Crippen molar-refractivity contribution in [3.05, 3.63) is 47.3 Å². The molecule has 1 aromatic carbocycles. The summed E-state index contributed by atoms with van der Waals surface area (Å²) >= 11 is 0. The molecule has 1 fully saturated rings. The molecule has 1 aliphatic carbocycles. The minimum atomic E-state index is -0.975. The van der Waals surface area contributed by atoms with Crippen LogP contribution in [0.2, 0.25) is 0 Å². The maximum atomic E-state index is 14.5. The van der Waals surface area contributed by atoms with Gasteiger partial charge in [-0.15, -0.1) is 0 Å². The molecule has 29 heavy (non-hydrogen) atoms. The minimum absolute atomic E-state index is 0. The van der Waals surface area contributed by atoms with Gasteiger partial charge in [-0.2, -0.15) is 17.9 Å². The van der Waals surface area contributed by atoms with Gasteiger partial charge in [-0.1, -0.05) is 19.4 Å². The first-order chi connectivity index (χ1) is 13.6. The van der Waals surface area contributed by atoms with Gasteiger partial charge in [0, 0.05) is 33.9 Å². The van der Waals surface area contributed by atoms with Crippen molar-refractivity contribution in [3.63, 3.8) is 0 Å². The van der Waals surface area contributed by atoms with Crippen molar-refractivity contribution < 1.29 is 44.5 Å². The Kier molecular flexibility index (Phi) is 12.0. The van der Waals surface area contributed by atoms with E-state index < -0.39 is 10.8 Å². The number of hydrogen-bond donors (Lipinski definition) is 3. The predicted octanol–water partition coefficient (Wildman–Crippen LogP) is 3.48. The van der Waals surface area contributed by atoms with E-state index in [0.717, 1.165) is 37.1 Å². The number of fused-ring (bicyclic) bond motifs is 1. The molecule has 2 atom stereocenters. The number of halogens is 1. The molecular formula is C20H27FN4O2SU. The fourth-order valence-electron chi connectivity index (χ4n) is 3.22. The van der Waals surface area contributed by atoms with Crippen molar-refractivity contribution >= 4 is 29.1 Å². The van der Waals surface area contributed by atoms with Crippen LogP contribution in [-0.4, -0.2) is 34.8 Å². The molecule has 0 saturated heterocycles. The third-order valence-electron chi connectivity index (χ3n) is 4.79. The van der Waals surface area contributed by atoms with Crippen LogP contribution in [-0.2, 0) is 27.1 Å². The van der Waals surface area contributed by atoms with Crippen LogP contribution in [0, 0.1) is 43.4 Å². The van der Waals surface area contributed by atoms with Gasteiger partial charge >= 0.3 is 31.1 Å². The van der Waals surface area contributed by atoms with E-state index in [-0.39, 0.29) is 36.9 Å². The topological polar surface area (TPSA) is 86.9 Å². The second-order valence-corrected chi connectivity index (χ2v) is 8.09. The fourth-order valence-corrected chi connectivity index (χ4v) is 4.57. The summed E-state index contributed by atoms with van der Waals surface area (Å²) in [7, 11) is 0.956. The van der Waals surface area contributed by atoms with Gasteiger partial charge in [-0.05, 0) is 31.1 Å². The van der Waals surface area contributed by atoms with E-state index in [0.29, 0.717) is 34.5 Å². The van der Waals surface area contributed by atoms with Crippen LogP contribution >= 0.6 is 0 Å². The zero-order valence-corrected chi connectivity index (χ0v) is 21.7. The summed E-state index contributed by atoms with van der Waals surface area (Å²) in [6.07, 6.45) is 5.64. The summed E-state index contributed by atoms with van der Waals surface area (Å²) in [6, 6.07) is 5.51. The van der Waals surface area contributed by atoms with Crippen LogP contribution in [0.25, 0.3) is 0 Å². The maximum absolute atomic E-state index is 14.5. The molecule has 0 spiro atoms. The van der Waals surface area contributed by atoms with Crippen LogP contribution < -0.4 is 10.6 Å². The maximum Gasteiger partial charge on any atom is 2.00 e. The average Bonchev–Trinajstić information content (AvgIpc) is 3.46. The Hall–Kier alpha value is -1.01. The summed E-state index contributed by atoms with van der Waals surface area (Å²) < 4.78 is 26.1. The molecule has 4 rings (SSSR count). The van der Waals surface area contributed by atoms with Crippen LogP contribution in [0.5, 0.6) is 0 Å². The first-order valence-corrected chi connectivity index (χ1v) is 10.8. The normalized spacial score (nSPS) is 19.1. The minimum Gasteiger partial charge on any atom is -0.545 e. The van der Waals surface area contributed by atoms with Crippen molar-refractivity contribution in [3.8, 4) is 0 Å². The van der Waals surface area contributed by atoms with Crippen LogP contribution in [0.1, 0.15) is 48.9 Å². The second-order valence-electron chi connectivity index (χ2n) is 6.63. The van der Waals surface area contributed by atoms with Gasteiger partial charge in [0.05, 0.1) is 11.4 Å². The van der Waals surface area contributed by atoms with E-state index in [2.05, 4.69) is 41.0 Å². The van der Waals surface area contributed by atoms with E-state index in [1.807, 2.05) is 19.2 Å². The smallest absolute Gasteiger partial charge is 0.545 e. The van der Waals surface area contributed by atoms with Gasteiger partial charge in [0.2, 0.25) is 0 Å². The Morgan fingerprint density at radius 2 is 2.10 bits per heavy atom. The SMILES string of the molecule is CCNC.O=S1Cc2ccc(Nc3cc(C4C[CH-]CC4)[nH]n3)c(F)c2C1.[CH-]=O.[U+2]. The molecule has 2 aliphatic rings. The molecule has 6 nitrogen and oxygen atoms in total.